The van der Waals surface area contributed by atoms with Crippen LogP contribution >= 0.6 is 0 Å². The van der Waals surface area contributed by atoms with E-state index in [4.69, 9.17) is 0 Å². The molecule has 0 radical (unpaired) electrons. The van der Waals surface area contributed by atoms with Crippen LogP contribution < -0.4 is 0 Å². The van der Waals surface area contributed by atoms with Crippen LogP contribution in [0.2, 0.25) is 0 Å². The van der Waals surface area contributed by atoms with E-state index >= 15 is 0 Å². The Kier molecular flexibility index (Phi) is 11.3. The summed E-state index contributed by atoms with van der Waals surface area (Å²) in [6.45, 7) is 24.3. The summed E-state index contributed by atoms with van der Waals surface area (Å²) in [5.74, 6) is 2.21. The van der Waals surface area contributed by atoms with Crippen LogP contribution in [0, 0.1) is 23.2 Å². The van der Waals surface area contributed by atoms with Gasteiger partial charge in [-0.25, -0.2) is 0 Å². The van der Waals surface area contributed by atoms with E-state index in [-0.39, 0.29) is 5.54 Å². The van der Waals surface area contributed by atoms with Crippen LogP contribution in [0.1, 0.15) is 94.9 Å². The molecule has 4 heteroatoms. The smallest absolute Gasteiger partial charge is 0.161 e. The highest BCUT2D eigenvalue weighted by atomic mass is 15.2. The second-order valence-electron chi connectivity index (χ2n) is 10.9. The van der Waals surface area contributed by atoms with Gasteiger partial charge in [-0.15, -0.1) is 0 Å². The van der Waals surface area contributed by atoms with Crippen molar-refractivity contribution in [3.8, 4) is 0 Å². The molecule has 0 aliphatic carbocycles. The molecule has 2 nitrogen and oxygen atoms in total. The first-order chi connectivity index (χ1) is 12.2. The minimum Gasteiger partial charge on any atom is -0.353 e. The normalized spacial score (nSPS) is 20.8. The molecule has 0 aromatic carbocycles. The van der Waals surface area contributed by atoms with Gasteiger partial charge < -0.3 is 4.81 Å². The van der Waals surface area contributed by atoms with Crippen molar-refractivity contribution in [1.29, 1.82) is 0 Å². The molecule has 0 aromatic rings. The van der Waals surface area contributed by atoms with Crippen LogP contribution in [0.15, 0.2) is 0 Å². The van der Waals surface area contributed by atoms with Gasteiger partial charge in [-0.05, 0) is 83.8 Å². The fourth-order valence-corrected chi connectivity index (χ4v) is 5.04. The molecule has 6 unspecified atom stereocenters. The summed E-state index contributed by atoms with van der Waals surface area (Å²) in [4.78, 5) is 5.06. The Morgan fingerprint density at radius 1 is 0.815 bits per heavy atom. The Hall–Kier alpha value is 0.0499. The van der Waals surface area contributed by atoms with Crippen molar-refractivity contribution in [2.45, 2.75) is 113 Å². The van der Waals surface area contributed by atoms with E-state index in [9.17, 15) is 0 Å². The van der Waals surface area contributed by atoms with Crippen LogP contribution in [0.3, 0.4) is 0 Å². The van der Waals surface area contributed by atoms with Gasteiger partial charge in [0.15, 0.2) is 7.31 Å². The lowest BCUT2D eigenvalue weighted by Crippen LogP contribution is -2.48. The fraction of sp³-hybridized carbons (Fsp3) is 1.00. The van der Waals surface area contributed by atoms with Gasteiger partial charge in [0.25, 0.3) is 0 Å². The van der Waals surface area contributed by atoms with Crippen molar-refractivity contribution in [2.24, 2.45) is 23.2 Å². The molecule has 0 bridgehead atoms. The summed E-state index contributed by atoms with van der Waals surface area (Å²) in [7, 11) is 7.98. The monoisotopic (exact) mass is 378 g/mol. The number of nitrogens with zero attached hydrogens (tertiary/aromatic N) is 2. The molecule has 0 aliphatic rings. The van der Waals surface area contributed by atoms with Gasteiger partial charge >= 0.3 is 0 Å². The van der Waals surface area contributed by atoms with E-state index in [0.29, 0.717) is 23.4 Å². The molecule has 0 spiro atoms. The summed E-state index contributed by atoms with van der Waals surface area (Å²) in [6, 6.07) is 1.26. The van der Waals surface area contributed by atoms with Crippen molar-refractivity contribution in [1.82, 2.24) is 9.71 Å². The third-order valence-corrected chi connectivity index (χ3v) is 8.27. The van der Waals surface area contributed by atoms with E-state index < -0.39 is 0 Å². The second-order valence-corrected chi connectivity index (χ2v) is 10.9. The van der Waals surface area contributed by atoms with Crippen molar-refractivity contribution in [2.75, 3.05) is 14.1 Å². The molecular formula is C23H52B2N2. The van der Waals surface area contributed by atoms with Crippen LogP contribution in [0.5, 0.6) is 0 Å². The Morgan fingerprint density at radius 2 is 1.26 bits per heavy atom. The second kappa shape index (κ2) is 11.3. The zero-order valence-corrected chi connectivity index (χ0v) is 21.3. The first kappa shape index (κ1) is 27.0. The van der Waals surface area contributed by atoms with Crippen molar-refractivity contribution >= 4 is 15.0 Å². The minimum absolute atomic E-state index is 0.231. The summed E-state index contributed by atoms with van der Waals surface area (Å²) in [5.41, 5.74) is 0.611. The summed E-state index contributed by atoms with van der Waals surface area (Å²) in [5, 5.41) is 0. The first-order valence-electron chi connectivity index (χ1n) is 11.7. The molecule has 0 aliphatic heterocycles. The SMILES string of the molecule is BBN(C)C(C)CC(C)C(C)(C(C)CCC)C(C)CC(C)N(C)C(C)(C)C. The van der Waals surface area contributed by atoms with Gasteiger partial charge in [-0.1, -0.05) is 54.4 Å². The molecule has 0 saturated heterocycles. The first-order valence-corrected chi connectivity index (χ1v) is 11.7. The maximum atomic E-state index is 2.60. The lowest BCUT2D eigenvalue weighted by molar-refractivity contribution is 0.00341. The summed E-state index contributed by atoms with van der Waals surface area (Å²) < 4.78 is 0. The van der Waals surface area contributed by atoms with Crippen LogP contribution in [-0.4, -0.2) is 56.5 Å². The van der Waals surface area contributed by atoms with Crippen LogP contribution in [0.25, 0.3) is 0 Å². The quantitative estimate of drug-likeness (QED) is 0.449. The summed E-state index contributed by atoms with van der Waals surface area (Å²) >= 11 is 0. The Bertz CT molecular complexity index is 410. The highest BCUT2D eigenvalue weighted by Crippen LogP contribution is 2.48. The highest BCUT2D eigenvalue weighted by molar-refractivity contribution is 6.87. The van der Waals surface area contributed by atoms with Gasteiger partial charge in [-0.3, -0.25) is 4.90 Å². The van der Waals surface area contributed by atoms with E-state index in [0.717, 1.165) is 19.1 Å². The number of rotatable bonds is 12. The average molecular weight is 378 g/mol. The number of hydrogen-bond donors (Lipinski definition) is 0. The van der Waals surface area contributed by atoms with E-state index in [1.165, 1.54) is 25.7 Å². The third-order valence-electron chi connectivity index (χ3n) is 8.27. The predicted molar refractivity (Wildman–Crippen MR) is 130 cm³/mol. The molecule has 0 amide bonds. The zero-order valence-electron chi connectivity index (χ0n) is 21.3. The predicted octanol–water partition coefficient (Wildman–Crippen LogP) is 4.82. The molecule has 0 fully saturated rings. The van der Waals surface area contributed by atoms with Crippen molar-refractivity contribution < 1.29 is 0 Å². The maximum Gasteiger partial charge on any atom is 0.161 e. The molecule has 160 valence electrons. The summed E-state index contributed by atoms with van der Waals surface area (Å²) in [6.07, 6.45) is 5.20. The Balaban J connectivity index is 5.48. The molecule has 6 atom stereocenters. The molecule has 0 N–H and O–H groups in total. The van der Waals surface area contributed by atoms with Crippen LogP contribution in [0.4, 0.5) is 0 Å². The van der Waals surface area contributed by atoms with E-state index in [1.54, 1.807) is 0 Å². The molecule has 0 saturated carbocycles. The van der Waals surface area contributed by atoms with Gasteiger partial charge in [0.05, 0.1) is 7.74 Å². The highest BCUT2D eigenvalue weighted by Gasteiger charge is 2.42. The van der Waals surface area contributed by atoms with Gasteiger partial charge in [0.2, 0.25) is 0 Å². The third kappa shape index (κ3) is 7.42. The standard InChI is InChI=1S/C23H52B2N2/c1-13-14-17(2)23(10,19(4)16-21(6)27(12)25-24)18(3)15-20(5)26(11)22(7,8)9/h17-21,25H,13-16,24H2,1-12H3. The topological polar surface area (TPSA) is 6.48 Å². The van der Waals surface area contributed by atoms with E-state index in [2.05, 4.69) is 101 Å². The molecule has 0 heterocycles. The van der Waals surface area contributed by atoms with Crippen molar-refractivity contribution in [3.05, 3.63) is 0 Å². The lowest BCUT2D eigenvalue weighted by Gasteiger charge is -2.49. The average Bonchev–Trinajstić information content (AvgIpc) is 2.58. The van der Waals surface area contributed by atoms with Gasteiger partial charge in [0, 0.05) is 11.6 Å². The lowest BCUT2D eigenvalue weighted by atomic mass is 9.58. The van der Waals surface area contributed by atoms with E-state index in [1.807, 2.05) is 0 Å². The molecular weight excluding hydrogens is 326 g/mol. The number of hydrogen-bond acceptors (Lipinski definition) is 2. The Morgan fingerprint density at radius 3 is 1.63 bits per heavy atom. The van der Waals surface area contributed by atoms with Crippen LogP contribution in [-0.2, 0) is 0 Å². The maximum absolute atomic E-state index is 2.60. The largest absolute Gasteiger partial charge is 0.353 e. The molecule has 0 rings (SSSR count). The van der Waals surface area contributed by atoms with Gasteiger partial charge in [-0.2, -0.15) is 0 Å². The van der Waals surface area contributed by atoms with Crippen molar-refractivity contribution in [3.63, 3.8) is 0 Å². The fourth-order valence-electron chi connectivity index (χ4n) is 5.04. The zero-order chi connectivity index (χ0) is 21.6. The Labute approximate surface area is 174 Å². The minimum atomic E-state index is 0.231. The van der Waals surface area contributed by atoms with Gasteiger partial charge in [0.1, 0.15) is 0 Å². The molecule has 27 heavy (non-hydrogen) atoms. The molecule has 0 aromatic heterocycles.